The van der Waals surface area contributed by atoms with Crippen LogP contribution in [0.2, 0.25) is 0 Å². The van der Waals surface area contributed by atoms with Crippen molar-refractivity contribution >= 4 is 28.7 Å². The maximum atomic E-state index is 14.0. The number of carbonyl (C=O) groups is 3. The van der Waals surface area contributed by atoms with E-state index in [1.165, 1.54) is 12.8 Å². The van der Waals surface area contributed by atoms with Crippen molar-refractivity contribution in [1.29, 1.82) is 0 Å². The maximum absolute atomic E-state index is 14.0. The zero-order valence-corrected chi connectivity index (χ0v) is 25.2. The molecule has 0 saturated heterocycles. The number of esters is 1. The Bertz CT molecular complexity index is 1490. The lowest BCUT2D eigenvalue weighted by Crippen LogP contribution is -2.50. The second-order valence-corrected chi connectivity index (χ2v) is 12.5. The first-order valence-electron chi connectivity index (χ1n) is 16.5. The van der Waals surface area contributed by atoms with Crippen LogP contribution in [0.25, 0.3) is 10.9 Å². The summed E-state index contributed by atoms with van der Waals surface area (Å²) in [7, 11) is 0. The second kappa shape index (κ2) is 13.0. The van der Waals surface area contributed by atoms with Gasteiger partial charge in [0.05, 0.1) is 18.0 Å². The van der Waals surface area contributed by atoms with Crippen LogP contribution < -0.4 is 0 Å². The van der Waals surface area contributed by atoms with Crippen LogP contribution in [0.4, 0.5) is 0 Å². The molecule has 1 N–H and O–H groups in total. The van der Waals surface area contributed by atoms with Gasteiger partial charge in [-0.15, -0.1) is 0 Å². The standard InChI is InChI=1S/C36H44N2O5/c39-32-22-15-23-33(40)43-25-13-7-5-3-1-2-4-6-12-24-37-35(41)28-17-8-10-19-29(28)36(37,42)30-20-14-18-27-26-16-9-11-21-31(26)38(32)34(27)30/h8-11,16-17,19,21,30,42H,1-7,12-15,18,20,22-25H2/t30-,36-/m1/s1. The summed E-state index contributed by atoms with van der Waals surface area (Å²) in [6.07, 6.45) is 12.6. The van der Waals surface area contributed by atoms with Gasteiger partial charge in [0.25, 0.3) is 5.91 Å². The van der Waals surface area contributed by atoms with Crippen molar-refractivity contribution in [3.05, 3.63) is 70.9 Å². The van der Waals surface area contributed by atoms with Gasteiger partial charge in [-0.05, 0) is 56.2 Å². The lowest BCUT2D eigenvalue weighted by Gasteiger charge is -2.43. The molecule has 1 aromatic heterocycles. The van der Waals surface area contributed by atoms with Gasteiger partial charge >= 0.3 is 5.97 Å². The fourth-order valence-electron chi connectivity index (χ4n) is 7.68. The Morgan fingerprint density at radius 3 is 2.26 bits per heavy atom. The molecule has 6 rings (SSSR count). The summed E-state index contributed by atoms with van der Waals surface area (Å²) in [5, 5.41) is 13.9. The van der Waals surface area contributed by atoms with Crippen LogP contribution in [-0.2, 0) is 21.7 Å². The number of ether oxygens (including phenoxy) is 1. The van der Waals surface area contributed by atoms with Crippen LogP contribution in [-0.4, -0.2) is 45.5 Å². The summed E-state index contributed by atoms with van der Waals surface area (Å²) >= 11 is 0. The van der Waals surface area contributed by atoms with E-state index in [1.54, 1.807) is 9.47 Å². The molecule has 0 fully saturated rings. The topological polar surface area (TPSA) is 88.8 Å². The maximum Gasteiger partial charge on any atom is 0.305 e. The Kier molecular flexibility index (Phi) is 8.98. The van der Waals surface area contributed by atoms with Gasteiger partial charge in [-0.3, -0.25) is 19.0 Å². The number of aromatic nitrogens is 1. The molecule has 0 radical (unpaired) electrons. The van der Waals surface area contributed by atoms with E-state index in [4.69, 9.17) is 4.74 Å². The van der Waals surface area contributed by atoms with E-state index < -0.39 is 11.6 Å². The molecule has 2 atom stereocenters. The number of nitrogens with zero attached hydrogens (tertiary/aromatic N) is 2. The lowest BCUT2D eigenvalue weighted by molar-refractivity contribution is -0.143. The number of rotatable bonds is 0. The third kappa shape index (κ3) is 5.64. The van der Waals surface area contributed by atoms with Crippen molar-refractivity contribution in [3.8, 4) is 0 Å². The molecule has 3 aliphatic rings. The highest BCUT2D eigenvalue weighted by molar-refractivity contribution is 6.00. The van der Waals surface area contributed by atoms with Crippen molar-refractivity contribution in [1.82, 2.24) is 9.47 Å². The number of aliphatic hydroxyl groups is 1. The summed E-state index contributed by atoms with van der Waals surface area (Å²) in [5.74, 6) is -0.930. The van der Waals surface area contributed by atoms with Gasteiger partial charge in [-0.1, -0.05) is 81.3 Å². The second-order valence-electron chi connectivity index (χ2n) is 12.5. The summed E-state index contributed by atoms with van der Waals surface area (Å²) in [6.45, 7) is 0.922. The minimum absolute atomic E-state index is 0.0907. The lowest BCUT2D eigenvalue weighted by atomic mass is 9.77. The van der Waals surface area contributed by atoms with Gasteiger partial charge in [-0.2, -0.15) is 0 Å². The Labute approximate surface area is 254 Å². The first-order valence-corrected chi connectivity index (χ1v) is 16.5. The molecule has 1 aliphatic carbocycles. The van der Waals surface area contributed by atoms with E-state index in [0.29, 0.717) is 37.1 Å². The molecule has 43 heavy (non-hydrogen) atoms. The summed E-state index contributed by atoms with van der Waals surface area (Å²) in [6, 6.07) is 15.4. The van der Waals surface area contributed by atoms with E-state index in [0.717, 1.165) is 79.9 Å². The van der Waals surface area contributed by atoms with Crippen LogP contribution in [0.1, 0.15) is 128 Å². The molecule has 0 saturated carbocycles. The number of fused-ring (bicyclic) bond motifs is 7. The summed E-state index contributed by atoms with van der Waals surface area (Å²) in [5.41, 5.74) is 2.37. The first-order chi connectivity index (χ1) is 21.0. The molecule has 7 nitrogen and oxygen atoms in total. The summed E-state index contributed by atoms with van der Waals surface area (Å²) in [4.78, 5) is 42.0. The Hall–Kier alpha value is -3.45. The molecule has 2 aromatic carbocycles. The summed E-state index contributed by atoms with van der Waals surface area (Å²) < 4.78 is 7.25. The SMILES string of the molecule is O=C1CCCC(=O)n2c3c(c4ccccc42)CCC[C@H]3[C@]2(O)c3ccccc3C(=O)N2CCCCCCCCCCCO1. The number of benzene rings is 2. The fraction of sp³-hybridized carbons (Fsp3) is 0.528. The highest BCUT2D eigenvalue weighted by Gasteiger charge is 2.55. The number of para-hydroxylation sites is 1. The van der Waals surface area contributed by atoms with E-state index in [-0.39, 0.29) is 30.6 Å². The smallest absolute Gasteiger partial charge is 0.305 e. The Morgan fingerprint density at radius 2 is 1.44 bits per heavy atom. The van der Waals surface area contributed by atoms with E-state index in [2.05, 4.69) is 6.07 Å². The molecule has 7 heteroatoms. The Morgan fingerprint density at radius 1 is 0.744 bits per heavy atom. The zero-order valence-electron chi connectivity index (χ0n) is 25.2. The number of carbonyl (C=O) groups excluding carboxylic acids is 3. The average molecular weight is 585 g/mol. The molecule has 228 valence electrons. The van der Waals surface area contributed by atoms with Crippen molar-refractivity contribution < 1.29 is 24.2 Å². The predicted octanol–water partition coefficient (Wildman–Crippen LogP) is 7.24. The molecular formula is C36H44N2O5. The van der Waals surface area contributed by atoms with Crippen molar-refractivity contribution in [2.45, 2.75) is 108 Å². The van der Waals surface area contributed by atoms with Crippen LogP contribution in [0, 0.1) is 0 Å². The Balaban J connectivity index is 1.40. The number of cyclic esters (lactones) is 1. The normalized spacial score (nSPS) is 24.8. The van der Waals surface area contributed by atoms with Gasteiger partial charge in [0.1, 0.15) is 0 Å². The third-order valence-corrected chi connectivity index (χ3v) is 9.78. The number of hydrogen-bond acceptors (Lipinski definition) is 5. The van der Waals surface area contributed by atoms with Gasteiger partial charge in [0.2, 0.25) is 5.91 Å². The van der Waals surface area contributed by atoms with Gasteiger partial charge in [0, 0.05) is 41.6 Å². The van der Waals surface area contributed by atoms with Crippen LogP contribution in [0.3, 0.4) is 0 Å². The van der Waals surface area contributed by atoms with Crippen LogP contribution in [0.5, 0.6) is 0 Å². The largest absolute Gasteiger partial charge is 0.466 e. The zero-order chi connectivity index (χ0) is 29.8. The minimum Gasteiger partial charge on any atom is -0.466 e. The number of aryl methyl sites for hydroxylation is 1. The van der Waals surface area contributed by atoms with Crippen molar-refractivity contribution in [2.75, 3.05) is 13.2 Å². The van der Waals surface area contributed by atoms with Crippen molar-refractivity contribution in [3.63, 3.8) is 0 Å². The van der Waals surface area contributed by atoms with Gasteiger partial charge in [-0.25, -0.2) is 0 Å². The highest BCUT2D eigenvalue weighted by atomic mass is 16.5. The van der Waals surface area contributed by atoms with E-state index in [9.17, 15) is 19.5 Å². The highest BCUT2D eigenvalue weighted by Crippen LogP contribution is 2.52. The van der Waals surface area contributed by atoms with Gasteiger partial charge in [0.15, 0.2) is 5.72 Å². The van der Waals surface area contributed by atoms with Gasteiger partial charge < -0.3 is 14.7 Å². The third-order valence-electron chi connectivity index (χ3n) is 9.78. The minimum atomic E-state index is -1.55. The molecular weight excluding hydrogens is 540 g/mol. The molecule has 1 amide bonds. The van der Waals surface area contributed by atoms with Crippen LogP contribution in [0.15, 0.2) is 48.5 Å². The quantitative estimate of drug-likeness (QED) is 0.281. The van der Waals surface area contributed by atoms with Crippen LogP contribution >= 0.6 is 0 Å². The molecule has 3 heterocycles. The average Bonchev–Trinajstić information content (AvgIpc) is 3.47. The van der Waals surface area contributed by atoms with E-state index in [1.807, 2.05) is 42.5 Å². The monoisotopic (exact) mass is 584 g/mol. The van der Waals surface area contributed by atoms with E-state index >= 15 is 0 Å². The molecule has 0 unspecified atom stereocenters. The number of amides is 1. The predicted molar refractivity (Wildman–Crippen MR) is 166 cm³/mol. The molecule has 0 bridgehead atoms. The molecule has 0 spiro atoms. The van der Waals surface area contributed by atoms with Crippen molar-refractivity contribution in [2.24, 2.45) is 0 Å². The fourth-order valence-corrected chi connectivity index (χ4v) is 7.68. The number of hydrogen-bond donors (Lipinski definition) is 1. The molecule has 2 aliphatic heterocycles. The molecule has 3 aromatic rings. The first kappa shape index (κ1) is 29.6.